The molecule has 0 amide bonds. The summed E-state index contributed by atoms with van der Waals surface area (Å²) in [6, 6.07) is 16.3. The van der Waals surface area contributed by atoms with E-state index in [9.17, 15) is 0 Å². The number of aryl methyl sites for hydroxylation is 2. The highest BCUT2D eigenvalue weighted by molar-refractivity contribution is 7.99. The van der Waals surface area contributed by atoms with Crippen molar-refractivity contribution in [1.29, 1.82) is 0 Å². The predicted molar refractivity (Wildman–Crippen MR) is 86.3 cm³/mol. The molecule has 1 fully saturated rings. The van der Waals surface area contributed by atoms with Crippen LogP contribution in [0.1, 0.15) is 29.5 Å². The molecule has 0 radical (unpaired) electrons. The Morgan fingerprint density at radius 2 is 1.85 bits per heavy atom. The van der Waals surface area contributed by atoms with Gasteiger partial charge in [0.25, 0.3) is 0 Å². The molecule has 0 saturated heterocycles. The van der Waals surface area contributed by atoms with Crippen molar-refractivity contribution in [2.45, 2.75) is 49.1 Å². The SMILES string of the molecule is Cc1cccc(Sc2ccc(C)cc2CNC2CC2)c1. The summed E-state index contributed by atoms with van der Waals surface area (Å²) in [6.07, 6.45) is 2.68. The Labute approximate surface area is 125 Å². The van der Waals surface area contributed by atoms with Crippen LogP contribution in [0.4, 0.5) is 0 Å². The summed E-state index contributed by atoms with van der Waals surface area (Å²) in [5.41, 5.74) is 4.08. The molecule has 2 heteroatoms. The lowest BCUT2D eigenvalue weighted by atomic mass is 10.1. The minimum Gasteiger partial charge on any atom is -0.310 e. The summed E-state index contributed by atoms with van der Waals surface area (Å²) in [6.45, 7) is 5.30. The molecule has 2 aromatic rings. The van der Waals surface area contributed by atoms with Crippen LogP contribution in [0.25, 0.3) is 0 Å². The van der Waals surface area contributed by atoms with E-state index in [0.717, 1.165) is 12.6 Å². The van der Waals surface area contributed by atoms with Crippen LogP contribution in [0.15, 0.2) is 52.3 Å². The van der Waals surface area contributed by atoms with Gasteiger partial charge in [0, 0.05) is 22.4 Å². The second-order valence-corrected chi connectivity index (χ2v) is 6.80. The zero-order valence-electron chi connectivity index (χ0n) is 12.1. The van der Waals surface area contributed by atoms with Gasteiger partial charge in [0.2, 0.25) is 0 Å². The Balaban J connectivity index is 1.79. The van der Waals surface area contributed by atoms with Crippen LogP contribution in [0, 0.1) is 13.8 Å². The van der Waals surface area contributed by atoms with Gasteiger partial charge in [0.15, 0.2) is 0 Å². The molecule has 1 N–H and O–H groups in total. The molecule has 20 heavy (non-hydrogen) atoms. The first-order chi connectivity index (χ1) is 9.70. The molecule has 0 aromatic heterocycles. The van der Waals surface area contributed by atoms with Crippen molar-refractivity contribution in [1.82, 2.24) is 5.32 Å². The highest BCUT2D eigenvalue weighted by atomic mass is 32.2. The summed E-state index contributed by atoms with van der Waals surface area (Å²) in [5, 5.41) is 3.62. The molecule has 0 heterocycles. The monoisotopic (exact) mass is 283 g/mol. The molecule has 0 unspecified atom stereocenters. The second kappa shape index (κ2) is 6.02. The first-order valence-corrected chi connectivity index (χ1v) is 8.10. The van der Waals surface area contributed by atoms with Gasteiger partial charge in [-0.15, -0.1) is 0 Å². The van der Waals surface area contributed by atoms with Gasteiger partial charge in [0.1, 0.15) is 0 Å². The van der Waals surface area contributed by atoms with Gasteiger partial charge in [-0.3, -0.25) is 0 Å². The average Bonchev–Trinajstić information content (AvgIpc) is 3.23. The van der Waals surface area contributed by atoms with Crippen molar-refractivity contribution in [3.63, 3.8) is 0 Å². The zero-order chi connectivity index (χ0) is 13.9. The molecule has 0 atom stereocenters. The van der Waals surface area contributed by atoms with Crippen LogP contribution in [-0.4, -0.2) is 6.04 Å². The fourth-order valence-corrected chi connectivity index (χ4v) is 3.34. The van der Waals surface area contributed by atoms with Crippen LogP contribution < -0.4 is 5.32 Å². The lowest BCUT2D eigenvalue weighted by Gasteiger charge is -2.11. The highest BCUT2D eigenvalue weighted by Gasteiger charge is 2.20. The summed E-state index contributed by atoms with van der Waals surface area (Å²) >= 11 is 1.87. The van der Waals surface area contributed by atoms with Gasteiger partial charge in [-0.05, 0) is 50.5 Å². The van der Waals surface area contributed by atoms with E-state index in [0.29, 0.717) is 0 Å². The molecule has 1 nitrogen and oxygen atoms in total. The maximum Gasteiger partial charge on any atom is 0.0219 e. The molecule has 104 valence electrons. The van der Waals surface area contributed by atoms with Crippen LogP contribution in [0.2, 0.25) is 0 Å². The van der Waals surface area contributed by atoms with Crippen molar-refractivity contribution in [3.05, 3.63) is 59.2 Å². The van der Waals surface area contributed by atoms with Gasteiger partial charge in [-0.2, -0.15) is 0 Å². The van der Waals surface area contributed by atoms with Crippen molar-refractivity contribution in [2.75, 3.05) is 0 Å². The lowest BCUT2D eigenvalue weighted by Crippen LogP contribution is -2.15. The summed E-state index contributed by atoms with van der Waals surface area (Å²) in [5.74, 6) is 0. The van der Waals surface area contributed by atoms with E-state index >= 15 is 0 Å². The molecule has 1 saturated carbocycles. The Kier molecular flexibility index (Phi) is 4.13. The standard InChI is InChI=1S/C18H21NS/c1-13-4-3-5-17(11-13)20-18-9-6-14(2)10-15(18)12-19-16-7-8-16/h3-6,9-11,16,19H,7-8,12H2,1-2H3. The molecule has 1 aliphatic rings. The largest absolute Gasteiger partial charge is 0.310 e. The average molecular weight is 283 g/mol. The van der Waals surface area contributed by atoms with E-state index in [2.05, 4.69) is 61.6 Å². The van der Waals surface area contributed by atoms with E-state index < -0.39 is 0 Å². The van der Waals surface area contributed by atoms with Gasteiger partial charge in [-0.1, -0.05) is 47.2 Å². The fourth-order valence-electron chi connectivity index (χ4n) is 2.29. The third-order valence-corrected chi connectivity index (χ3v) is 4.70. The molecule has 0 aliphatic heterocycles. The molecule has 0 bridgehead atoms. The van der Waals surface area contributed by atoms with Crippen molar-refractivity contribution in [2.24, 2.45) is 0 Å². The highest BCUT2D eigenvalue weighted by Crippen LogP contribution is 2.32. The smallest absolute Gasteiger partial charge is 0.0219 e. The summed E-state index contributed by atoms with van der Waals surface area (Å²) < 4.78 is 0. The van der Waals surface area contributed by atoms with Crippen molar-refractivity contribution >= 4 is 11.8 Å². The second-order valence-electron chi connectivity index (χ2n) is 5.68. The molecule has 1 aliphatic carbocycles. The molecule has 2 aromatic carbocycles. The normalized spacial score (nSPS) is 14.5. The van der Waals surface area contributed by atoms with Gasteiger partial charge >= 0.3 is 0 Å². The van der Waals surface area contributed by atoms with Crippen LogP contribution in [-0.2, 0) is 6.54 Å². The zero-order valence-corrected chi connectivity index (χ0v) is 13.0. The van der Waals surface area contributed by atoms with Crippen molar-refractivity contribution < 1.29 is 0 Å². The maximum absolute atomic E-state index is 3.62. The number of hydrogen-bond acceptors (Lipinski definition) is 2. The van der Waals surface area contributed by atoms with E-state index in [1.165, 1.54) is 39.3 Å². The Morgan fingerprint density at radius 3 is 2.60 bits per heavy atom. The minimum absolute atomic E-state index is 0.757. The van der Waals surface area contributed by atoms with E-state index in [1.54, 1.807) is 0 Å². The first kappa shape index (κ1) is 13.7. The molecule has 0 spiro atoms. The number of nitrogens with one attached hydrogen (secondary N) is 1. The lowest BCUT2D eigenvalue weighted by molar-refractivity contribution is 0.680. The van der Waals surface area contributed by atoms with Gasteiger partial charge in [-0.25, -0.2) is 0 Å². The molecule has 3 rings (SSSR count). The van der Waals surface area contributed by atoms with E-state index in [-0.39, 0.29) is 0 Å². The Bertz CT molecular complexity index is 602. The number of hydrogen-bond donors (Lipinski definition) is 1. The van der Waals surface area contributed by atoms with Crippen LogP contribution in [0.5, 0.6) is 0 Å². The number of rotatable bonds is 5. The van der Waals surface area contributed by atoms with Gasteiger partial charge < -0.3 is 5.32 Å². The topological polar surface area (TPSA) is 12.0 Å². The third kappa shape index (κ3) is 3.65. The summed E-state index contributed by atoms with van der Waals surface area (Å²) in [4.78, 5) is 2.69. The molecular weight excluding hydrogens is 262 g/mol. The predicted octanol–water partition coefficient (Wildman–Crippen LogP) is 4.71. The van der Waals surface area contributed by atoms with Crippen LogP contribution in [0.3, 0.4) is 0 Å². The maximum atomic E-state index is 3.62. The fraction of sp³-hybridized carbons (Fsp3) is 0.333. The molecular formula is C18H21NS. The first-order valence-electron chi connectivity index (χ1n) is 7.28. The van der Waals surface area contributed by atoms with Gasteiger partial charge in [0.05, 0.1) is 0 Å². The van der Waals surface area contributed by atoms with E-state index in [4.69, 9.17) is 0 Å². The summed E-state index contributed by atoms with van der Waals surface area (Å²) in [7, 11) is 0. The third-order valence-electron chi connectivity index (χ3n) is 3.59. The Hall–Kier alpha value is -1.25. The number of benzene rings is 2. The Morgan fingerprint density at radius 1 is 1.05 bits per heavy atom. The van der Waals surface area contributed by atoms with E-state index in [1.807, 2.05) is 11.8 Å². The van der Waals surface area contributed by atoms with Crippen molar-refractivity contribution in [3.8, 4) is 0 Å². The minimum atomic E-state index is 0.757. The van der Waals surface area contributed by atoms with Crippen LogP contribution >= 0.6 is 11.8 Å². The quantitative estimate of drug-likeness (QED) is 0.853.